The normalized spacial score (nSPS) is 16.8. The van der Waals surface area contributed by atoms with E-state index in [1.165, 1.54) is 38.0 Å². The van der Waals surface area contributed by atoms with Crippen molar-refractivity contribution in [3.05, 3.63) is 58.8 Å². The number of aliphatic hydroxyl groups is 1. The van der Waals surface area contributed by atoms with Gasteiger partial charge in [-0.25, -0.2) is 9.52 Å². The van der Waals surface area contributed by atoms with Crippen molar-refractivity contribution in [3.8, 4) is 11.8 Å². The Morgan fingerprint density at radius 2 is 1.81 bits per heavy atom. The summed E-state index contributed by atoms with van der Waals surface area (Å²) in [5.74, 6) is 1.16. The molecule has 1 aromatic heterocycles. The molecule has 4 rings (SSSR count). The van der Waals surface area contributed by atoms with Gasteiger partial charge < -0.3 is 19.4 Å². The number of ether oxygens (including phenoxy) is 2. The first-order valence-electron chi connectivity index (χ1n) is 16.6. The van der Waals surface area contributed by atoms with E-state index in [-0.39, 0.29) is 64.7 Å². The molecule has 2 atom stereocenters. The van der Waals surface area contributed by atoms with Gasteiger partial charge in [0, 0.05) is 35.1 Å². The molecule has 284 valence electrons. The number of oxime groups is 1. The number of ketones is 2. The summed E-state index contributed by atoms with van der Waals surface area (Å²) in [5, 5.41) is 17.0. The molecular weight excluding hydrogens is 736 g/mol. The number of hydrogen-bond acceptors (Lipinski definition) is 13. The number of aromatic nitrogens is 2. The summed E-state index contributed by atoms with van der Waals surface area (Å²) in [6, 6.07) is 6.48. The number of methoxy groups -OCH3 is 2. The lowest BCUT2D eigenvalue weighted by Crippen LogP contribution is -2.38. The second kappa shape index (κ2) is 20.6. The average Bonchev–Trinajstić information content (AvgIpc) is 3.94. The number of Topliss-reactive ketones (excluding diaryl/α,β-unsaturated/α-hetero) is 2. The van der Waals surface area contributed by atoms with E-state index >= 15 is 0 Å². The molecule has 2 amide bonds. The molecule has 0 spiro atoms. The van der Waals surface area contributed by atoms with Crippen LogP contribution in [0.3, 0.4) is 0 Å². The number of anilines is 2. The van der Waals surface area contributed by atoms with Crippen LogP contribution in [-0.2, 0) is 19.8 Å². The molecule has 0 saturated heterocycles. The molecule has 4 N–H and O–H groups in total. The third-order valence-electron chi connectivity index (χ3n) is 7.63. The quantitative estimate of drug-likeness (QED) is 0.0595. The molecule has 2 aliphatic rings. The number of allylic oxidation sites excluding steroid dienone is 2. The number of nitrogens with zero attached hydrogens (tertiary/aromatic N) is 3. The number of nitrogens with one attached hydrogen (secondary N) is 3. The Kier molecular flexibility index (Phi) is 16.7. The molecule has 2 aliphatic carbocycles. The third kappa shape index (κ3) is 13.3. The predicted octanol–water partition coefficient (Wildman–Crippen LogP) is 6.41. The van der Waals surface area contributed by atoms with Crippen molar-refractivity contribution in [1.82, 2.24) is 14.7 Å². The van der Waals surface area contributed by atoms with E-state index in [0.717, 1.165) is 25.0 Å². The summed E-state index contributed by atoms with van der Waals surface area (Å²) in [6.45, 7) is 6.43. The standard InChI is InChI=1S/C17H26ClNO3S.C17H19N5O6S/c1-4-14(19-22-8-6-7-18)17-15(20)10-13(11-16(17)21)9-12(3)23-5-2;1-27-13-9-14(28-2)19-16(18-13)20-17(24)22-29(25,26)21-12-6-4-3-5-11(12)15(23)10-7-8-10/h6-7,12-13,20H,4-5,8-11H2,1-3H3;3-6,9-10,21H,7-8H2,1-2H3,(H2,18,19,20,22,24)/b7-6+,19-14+;. The monoisotopic (exact) mass is 780 g/mol. The maximum atomic E-state index is 12.4. The summed E-state index contributed by atoms with van der Waals surface area (Å²) in [5.41, 5.74) is 2.54. The van der Waals surface area contributed by atoms with Gasteiger partial charge in [-0.2, -0.15) is 30.1 Å². The summed E-state index contributed by atoms with van der Waals surface area (Å²) in [7, 11) is -1.61. The lowest BCUT2D eigenvalue weighted by Gasteiger charge is -2.25. The Hall–Kier alpha value is -4.35. The second-order valence-corrected chi connectivity index (χ2v) is 15.1. The highest BCUT2D eigenvalue weighted by atomic mass is 35.5. The summed E-state index contributed by atoms with van der Waals surface area (Å²) >= 11 is 7.30. The Bertz CT molecular complexity index is 1740. The van der Waals surface area contributed by atoms with Gasteiger partial charge in [0.1, 0.15) is 12.4 Å². The van der Waals surface area contributed by atoms with E-state index in [0.29, 0.717) is 35.8 Å². The lowest BCUT2D eigenvalue weighted by molar-refractivity contribution is -0.116. The maximum Gasteiger partial charge on any atom is 0.336 e. The fraction of sp³-hybridized carbons (Fsp3) is 0.471. The van der Waals surface area contributed by atoms with E-state index in [1.807, 2.05) is 18.7 Å². The number of halogens is 1. The fourth-order valence-corrected chi connectivity index (χ4v) is 7.07. The molecule has 1 fully saturated rings. The highest BCUT2D eigenvalue weighted by molar-refractivity contribution is 7.99. The zero-order valence-corrected chi connectivity index (χ0v) is 32.1. The zero-order chi connectivity index (χ0) is 38.3. The summed E-state index contributed by atoms with van der Waals surface area (Å²) in [4.78, 5) is 49.7. The average molecular weight is 781 g/mol. The Balaban J connectivity index is 0.000000289. The van der Waals surface area contributed by atoms with Crippen molar-refractivity contribution in [1.29, 1.82) is 0 Å². The van der Waals surface area contributed by atoms with Gasteiger partial charge >= 0.3 is 16.2 Å². The molecular formula is C34H45ClN6O9S2. The summed E-state index contributed by atoms with van der Waals surface area (Å²) in [6.07, 6.45) is 5.65. The largest absolute Gasteiger partial charge is 0.511 e. The van der Waals surface area contributed by atoms with Gasteiger partial charge in [-0.05, 0) is 55.6 Å². The number of carbonyl (C=O) groups is 3. The van der Waals surface area contributed by atoms with Crippen molar-refractivity contribution < 1.29 is 42.2 Å². The lowest BCUT2D eigenvalue weighted by atomic mass is 9.82. The van der Waals surface area contributed by atoms with Crippen molar-refractivity contribution in [3.63, 3.8) is 0 Å². The minimum Gasteiger partial charge on any atom is -0.511 e. The van der Waals surface area contributed by atoms with Crippen molar-refractivity contribution in [2.45, 2.75) is 64.5 Å². The van der Waals surface area contributed by atoms with Crippen molar-refractivity contribution >= 4 is 68.5 Å². The van der Waals surface area contributed by atoms with Gasteiger partial charge in [-0.1, -0.05) is 49.7 Å². The van der Waals surface area contributed by atoms with Crippen molar-refractivity contribution in [2.24, 2.45) is 17.0 Å². The van der Waals surface area contributed by atoms with Crippen LogP contribution >= 0.6 is 23.4 Å². The number of thioether (sulfide) groups is 1. The molecule has 2 aromatic rings. The second-order valence-electron chi connectivity index (χ2n) is 11.7. The number of aliphatic hydroxyl groups excluding tert-OH is 1. The van der Waals surface area contributed by atoms with E-state index in [9.17, 15) is 27.9 Å². The smallest absolute Gasteiger partial charge is 0.336 e. The third-order valence-corrected chi connectivity index (χ3v) is 9.85. The topological polar surface area (TPSA) is 208 Å². The molecule has 0 bridgehead atoms. The Labute approximate surface area is 313 Å². The molecule has 18 heteroatoms. The maximum absolute atomic E-state index is 12.4. The number of hydrogen-bond donors (Lipinski definition) is 4. The van der Waals surface area contributed by atoms with Gasteiger partial charge in [0.15, 0.2) is 11.6 Å². The first-order valence-corrected chi connectivity index (χ1v) is 19.5. The van der Waals surface area contributed by atoms with Crippen LogP contribution in [-0.4, -0.2) is 78.6 Å². The highest BCUT2D eigenvalue weighted by Crippen LogP contribution is 2.35. The molecule has 0 aliphatic heterocycles. The Morgan fingerprint density at radius 1 is 1.13 bits per heavy atom. The molecule has 1 saturated carbocycles. The SMILES string of the molecule is CCSC(C)CC1CC(=O)C(/C(CC)=N/OC/C=C/Cl)=C(O)C1.COc1cc(OC)nc(NC(=O)NS(=O)(=O)Nc2ccccc2C(=O)C2CC2)n1. The molecule has 52 heavy (non-hydrogen) atoms. The van der Waals surface area contributed by atoms with Crippen LogP contribution in [0, 0.1) is 11.8 Å². The van der Waals surface area contributed by atoms with Crippen LogP contribution in [0.25, 0.3) is 0 Å². The van der Waals surface area contributed by atoms with Gasteiger partial charge in [0.2, 0.25) is 17.7 Å². The number of para-hydroxylation sites is 1. The van der Waals surface area contributed by atoms with Crippen LogP contribution in [0.1, 0.15) is 69.7 Å². The molecule has 1 aromatic carbocycles. The predicted molar refractivity (Wildman–Crippen MR) is 202 cm³/mol. The number of amides is 2. The fourth-order valence-electron chi connectivity index (χ4n) is 5.21. The van der Waals surface area contributed by atoms with E-state index < -0.39 is 16.2 Å². The minimum absolute atomic E-state index is 0.0375. The van der Waals surface area contributed by atoms with Gasteiger partial charge in [0.25, 0.3) is 0 Å². The molecule has 1 heterocycles. The minimum atomic E-state index is -4.33. The van der Waals surface area contributed by atoms with E-state index in [2.05, 4.69) is 39.0 Å². The van der Waals surface area contributed by atoms with Crippen LogP contribution in [0.2, 0.25) is 0 Å². The van der Waals surface area contributed by atoms with E-state index in [1.54, 1.807) is 22.9 Å². The molecule has 2 unspecified atom stereocenters. The first-order chi connectivity index (χ1) is 24.8. The number of benzene rings is 1. The zero-order valence-electron chi connectivity index (χ0n) is 29.7. The van der Waals surface area contributed by atoms with Gasteiger partial charge in [-0.3, -0.25) is 19.6 Å². The summed E-state index contributed by atoms with van der Waals surface area (Å²) < 4.78 is 38.5. The van der Waals surface area contributed by atoms with Crippen LogP contribution < -0.4 is 24.2 Å². The van der Waals surface area contributed by atoms with Crippen LogP contribution in [0.15, 0.2) is 58.4 Å². The molecule has 15 nitrogen and oxygen atoms in total. The number of carbonyl (C=O) groups excluding carboxylic acids is 3. The highest BCUT2D eigenvalue weighted by Gasteiger charge is 2.33. The Morgan fingerprint density at radius 3 is 2.38 bits per heavy atom. The van der Waals surface area contributed by atoms with Crippen molar-refractivity contribution in [2.75, 3.05) is 36.6 Å². The van der Waals surface area contributed by atoms with Gasteiger partial charge in [-0.15, -0.1) is 0 Å². The van der Waals surface area contributed by atoms with Crippen LogP contribution in [0.4, 0.5) is 16.4 Å². The number of rotatable bonds is 17. The molecule has 0 radical (unpaired) electrons. The number of urea groups is 1. The van der Waals surface area contributed by atoms with Gasteiger partial charge in [0.05, 0.1) is 37.3 Å². The first kappa shape index (κ1) is 42.1. The van der Waals surface area contributed by atoms with Crippen LogP contribution in [0.5, 0.6) is 11.8 Å². The van der Waals surface area contributed by atoms with E-state index in [4.69, 9.17) is 25.9 Å².